The lowest BCUT2D eigenvalue weighted by Gasteiger charge is -2.23. The van der Waals surface area contributed by atoms with E-state index in [1.54, 1.807) is 7.11 Å². The molecule has 0 saturated carbocycles. The summed E-state index contributed by atoms with van der Waals surface area (Å²) in [5.41, 5.74) is 0.959. The predicted octanol–water partition coefficient (Wildman–Crippen LogP) is 2.28. The van der Waals surface area contributed by atoms with E-state index in [0.29, 0.717) is 0 Å². The van der Waals surface area contributed by atoms with Crippen molar-refractivity contribution in [2.75, 3.05) is 7.11 Å². The van der Waals surface area contributed by atoms with Crippen LogP contribution in [0.25, 0.3) is 0 Å². The van der Waals surface area contributed by atoms with Crippen LogP contribution in [-0.2, 0) is 11.3 Å². The summed E-state index contributed by atoms with van der Waals surface area (Å²) >= 11 is 5.14. The molecular formula is C9H16N2OS. The van der Waals surface area contributed by atoms with Crippen LogP contribution in [0.2, 0.25) is 0 Å². The van der Waals surface area contributed by atoms with E-state index in [0.717, 1.165) is 17.0 Å². The summed E-state index contributed by atoms with van der Waals surface area (Å²) in [6.45, 7) is 6.89. The minimum Gasteiger partial charge on any atom is -0.377 e. The number of ether oxygens (including phenoxy) is 1. The van der Waals surface area contributed by atoms with Gasteiger partial charge >= 0.3 is 0 Å². The standard InChI is InChI=1S/C9H16N2OS/c1-7-5-10-8(13)11(7)6-9(2,3)12-4/h5H,6H2,1-4H3,(H,10,13). The lowest BCUT2D eigenvalue weighted by atomic mass is 10.1. The molecule has 0 bridgehead atoms. The monoisotopic (exact) mass is 200 g/mol. The molecule has 1 aromatic rings. The Morgan fingerprint density at radius 1 is 1.62 bits per heavy atom. The van der Waals surface area contributed by atoms with Crippen LogP contribution in [0.15, 0.2) is 6.20 Å². The third-order valence-electron chi connectivity index (χ3n) is 2.17. The molecule has 0 aliphatic heterocycles. The van der Waals surface area contributed by atoms with Crippen molar-refractivity contribution in [2.45, 2.75) is 32.9 Å². The number of hydrogen-bond donors (Lipinski definition) is 1. The first-order valence-corrected chi connectivity index (χ1v) is 4.67. The van der Waals surface area contributed by atoms with E-state index in [1.807, 2.05) is 31.5 Å². The minimum atomic E-state index is -0.175. The minimum absolute atomic E-state index is 0.175. The van der Waals surface area contributed by atoms with Crippen molar-refractivity contribution in [3.63, 3.8) is 0 Å². The van der Waals surface area contributed by atoms with E-state index in [9.17, 15) is 0 Å². The third kappa shape index (κ3) is 2.42. The molecule has 0 aliphatic carbocycles. The number of rotatable bonds is 3. The zero-order valence-corrected chi connectivity index (χ0v) is 9.36. The molecule has 0 fully saturated rings. The number of nitrogens with zero attached hydrogens (tertiary/aromatic N) is 1. The highest BCUT2D eigenvalue weighted by Crippen LogP contribution is 2.13. The molecule has 0 radical (unpaired) electrons. The van der Waals surface area contributed by atoms with Crippen LogP contribution in [-0.4, -0.2) is 22.3 Å². The van der Waals surface area contributed by atoms with E-state index in [1.165, 1.54) is 0 Å². The van der Waals surface area contributed by atoms with Crippen molar-refractivity contribution in [1.82, 2.24) is 9.55 Å². The van der Waals surface area contributed by atoms with Crippen molar-refractivity contribution >= 4 is 12.2 Å². The van der Waals surface area contributed by atoms with Crippen LogP contribution in [0, 0.1) is 11.7 Å². The maximum absolute atomic E-state index is 5.34. The first-order chi connectivity index (χ1) is 5.96. The van der Waals surface area contributed by atoms with Crippen LogP contribution in [0.3, 0.4) is 0 Å². The topological polar surface area (TPSA) is 29.9 Å². The smallest absolute Gasteiger partial charge is 0.177 e. The normalized spacial score (nSPS) is 12.0. The second kappa shape index (κ2) is 3.64. The maximum atomic E-state index is 5.34. The first kappa shape index (κ1) is 10.5. The van der Waals surface area contributed by atoms with E-state index >= 15 is 0 Å². The van der Waals surface area contributed by atoms with Gasteiger partial charge in [0.1, 0.15) is 0 Å². The SMILES string of the molecule is COC(C)(C)Cn1c(C)c[nH]c1=S. The Balaban J connectivity index is 2.92. The molecule has 1 N–H and O–H groups in total. The fraction of sp³-hybridized carbons (Fsp3) is 0.667. The van der Waals surface area contributed by atoms with Gasteiger partial charge in [-0.15, -0.1) is 0 Å². The highest BCUT2D eigenvalue weighted by Gasteiger charge is 2.18. The molecule has 0 atom stereocenters. The Morgan fingerprint density at radius 2 is 2.23 bits per heavy atom. The zero-order chi connectivity index (χ0) is 10.1. The van der Waals surface area contributed by atoms with Gasteiger partial charge in [0.15, 0.2) is 4.77 Å². The van der Waals surface area contributed by atoms with Gasteiger partial charge in [0.25, 0.3) is 0 Å². The Hall–Kier alpha value is -0.610. The van der Waals surface area contributed by atoms with Gasteiger partial charge in [-0.1, -0.05) is 0 Å². The summed E-state index contributed by atoms with van der Waals surface area (Å²) in [7, 11) is 1.71. The molecule has 0 unspecified atom stereocenters. The number of H-pyrrole nitrogens is 1. The zero-order valence-electron chi connectivity index (χ0n) is 8.55. The molecular weight excluding hydrogens is 184 g/mol. The highest BCUT2D eigenvalue weighted by molar-refractivity contribution is 7.71. The van der Waals surface area contributed by atoms with Gasteiger partial charge in [0.2, 0.25) is 0 Å². The van der Waals surface area contributed by atoms with Crippen LogP contribution >= 0.6 is 12.2 Å². The lowest BCUT2D eigenvalue weighted by molar-refractivity contribution is 0.00744. The predicted molar refractivity (Wildman–Crippen MR) is 55.4 cm³/mol. The van der Waals surface area contributed by atoms with E-state index in [-0.39, 0.29) is 5.60 Å². The number of aromatic amines is 1. The second-order valence-corrected chi connectivity index (χ2v) is 4.17. The van der Waals surface area contributed by atoms with Gasteiger partial charge in [-0.25, -0.2) is 0 Å². The van der Waals surface area contributed by atoms with Crippen molar-refractivity contribution in [3.8, 4) is 0 Å². The number of imidazole rings is 1. The first-order valence-electron chi connectivity index (χ1n) is 4.26. The molecule has 1 heterocycles. The molecule has 1 aromatic heterocycles. The summed E-state index contributed by atoms with van der Waals surface area (Å²) in [6, 6.07) is 0. The van der Waals surface area contributed by atoms with Gasteiger partial charge in [0.05, 0.1) is 12.1 Å². The quantitative estimate of drug-likeness (QED) is 0.759. The van der Waals surface area contributed by atoms with Crippen molar-refractivity contribution < 1.29 is 4.74 Å². The fourth-order valence-electron chi connectivity index (χ4n) is 1.12. The molecule has 13 heavy (non-hydrogen) atoms. The summed E-state index contributed by atoms with van der Waals surface area (Å²) in [5, 5.41) is 0. The van der Waals surface area contributed by atoms with E-state index in [4.69, 9.17) is 17.0 Å². The van der Waals surface area contributed by atoms with Crippen LogP contribution in [0.4, 0.5) is 0 Å². The largest absolute Gasteiger partial charge is 0.377 e. The highest BCUT2D eigenvalue weighted by atomic mass is 32.1. The number of hydrogen-bond acceptors (Lipinski definition) is 2. The van der Waals surface area contributed by atoms with Gasteiger partial charge in [0, 0.05) is 19.0 Å². The third-order valence-corrected chi connectivity index (χ3v) is 2.51. The average Bonchev–Trinajstić information content (AvgIpc) is 2.36. The summed E-state index contributed by atoms with van der Waals surface area (Å²) in [6.07, 6.45) is 1.91. The molecule has 1 rings (SSSR count). The molecule has 0 saturated heterocycles. The summed E-state index contributed by atoms with van der Waals surface area (Å²) < 4.78 is 8.13. The molecule has 0 spiro atoms. The fourth-order valence-corrected chi connectivity index (χ4v) is 1.39. The molecule has 0 aromatic carbocycles. The van der Waals surface area contributed by atoms with Gasteiger partial charge in [-0.2, -0.15) is 0 Å². The Morgan fingerprint density at radius 3 is 2.62 bits per heavy atom. The average molecular weight is 200 g/mol. The van der Waals surface area contributed by atoms with Crippen LogP contribution in [0.1, 0.15) is 19.5 Å². The second-order valence-electron chi connectivity index (χ2n) is 3.79. The van der Waals surface area contributed by atoms with Crippen molar-refractivity contribution in [3.05, 3.63) is 16.7 Å². The van der Waals surface area contributed by atoms with Crippen molar-refractivity contribution in [2.24, 2.45) is 0 Å². The molecule has 0 amide bonds. The van der Waals surface area contributed by atoms with Gasteiger partial charge in [-0.3, -0.25) is 0 Å². The van der Waals surface area contributed by atoms with Crippen LogP contribution < -0.4 is 0 Å². The van der Waals surface area contributed by atoms with Crippen LogP contribution in [0.5, 0.6) is 0 Å². The Kier molecular flexibility index (Phi) is 2.93. The van der Waals surface area contributed by atoms with E-state index in [2.05, 4.69) is 4.98 Å². The Labute approximate surface area is 83.7 Å². The van der Waals surface area contributed by atoms with Gasteiger partial charge in [-0.05, 0) is 33.0 Å². The lowest BCUT2D eigenvalue weighted by Crippen LogP contribution is -2.29. The Bertz CT molecular complexity index is 338. The maximum Gasteiger partial charge on any atom is 0.177 e. The van der Waals surface area contributed by atoms with Gasteiger partial charge < -0.3 is 14.3 Å². The molecule has 74 valence electrons. The summed E-state index contributed by atoms with van der Waals surface area (Å²) in [4.78, 5) is 3.01. The molecule has 3 nitrogen and oxygen atoms in total. The molecule has 0 aliphatic rings. The van der Waals surface area contributed by atoms with Crippen molar-refractivity contribution in [1.29, 1.82) is 0 Å². The number of methoxy groups -OCH3 is 1. The molecule has 4 heteroatoms. The number of nitrogens with one attached hydrogen (secondary N) is 1. The number of aromatic nitrogens is 2. The van der Waals surface area contributed by atoms with E-state index < -0.39 is 0 Å². The number of aryl methyl sites for hydroxylation is 1. The summed E-state index contributed by atoms with van der Waals surface area (Å²) in [5.74, 6) is 0.